The highest BCUT2D eigenvalue weighted by Crippen LogP contribution is 2.28. The fraction of sp³-hybridized carbons (Fsp3) is 0.500. The van der Waals surface area contributed by atoms with Gasteiger partial charge < -0.3 is 0 Å². The molecule has 0 unspecified atom stereocenters. The summed E-state index contributed by atoms with van der Waals surface area (Å²) in [6.07, 6.45) is 2.05. The van der Waals surface area contributed by atoms with Gasteiger partial charge in [0.05, 0.1) is 0 Å². The number of nitrogens with zero attached hydrogens (tertiary/aromatic N) is 3. The molecule has 0 radical (unpaired) electrons. The number of anilines is 1. The van der Waals surface area contributed by atoms with Crippen molar-refractivity contribution in [3.8, 4) is 0 Å². The zero-order chi connectivity index (χ0) is 13.8. The molecule has 1 amide bonds. The van der Waals surface area contributed by atoms with Gasteiger partial charge in [0.1, 0.15) is 5.01 Å². The summed E-state index contributed by atoms with van der Waals surface area (Å²) in [4.78, 5) is 11.9. The van der Waals surface area contributed by atoms with Crippen LogP contribution in [0.1, 0.15) is 53.8 Å². The number of amides is 1. The quantitative estimate of drug-likeness (QED) is 0.881. The Bertz CT molecular complexity index is 558. The monoisotopic (exact) mass is 279 g/mol. The molecule has 0 saturated carbocycles. The molecule has 2 aromatic rings. The first-order chi connectivity index (χ1) is 9.13. The molecule has 2 heterocycles. The molecule has 6 nitrogen and oxygen atoms in total. The summed E-state index contributed by atoms with van der Waals surface area (Å²) in [5, 5.41) is 19.0. The number of aryl methyl sites for hydroxylation is 1. The minimum absolute atomic E-state index is 0.267. The van der Waals surface area contributed by atoms with Crippen molar-refractivity contribution in [2.24, 2.45) is 0 Å². The Hall–Kier alpha value is -1.76. The third kappa shape index (κ3) is 3.17. The second kappa shape index (κ2) is 5.92. The SMILES string of the molecule is CCC(CC)c1nnc(NC(=O)c2cc(C)[nH]n2)s1. The van der Waals surface area contributed by atoms with E-state index in [9.17, 15) is 4.79 Å². The smallest absolute Gasteiger partial charge is 0.277 e. The fourth-order valence-corrected chi connectivity index (χ4v) is 2.79. The van der Waals surface area contributed by atoms with Gasteiger partial charge in [-0.05, 0) is 25.8 Å². The van der Waals surface area contributed by atoms with Gasteiger partial charge in [-0.1, -0.05) is 25.2 Å². The van der Waals surface area contributed by atoms with E-state index in [0.717, 1.165) is 23.5 Å². The van der Waals surface area contributed by atoms with Gasteiger partial charge >= 0.3 is 0 Å². The van der Waals surface area contributed by atoms with Gasteiger partial charge in [0.2, 0.25) is 5.13 Å². The summed E-state index contributed by atoms with van der Waals surface area (Å²) >= 11 is 1.43. The van der Waals surface area contributed by atoms with Crippen molar-refractivity contribution in [3.05, 3.63) is 22.5 Å². The summed E-state index contributed by atoms with van der Waals surface area (Å²) in [5.41, 5.74) is 1.21. The Labute approximate surface area is 115 Å². The van der Waals surface area contributed by atoms with Crippen LogP contribution in [0.2, 0.25) is 0 Å². The van der Waals surface area contributed by atoms with Crippen molar-refractivity contribution in [1.82, 2.24) is 20.4 Å². The lowest BCUT2D eigenvalue weighted by Gasteiger charge is -2.05. The summed E-state index contributed by atoms with van der Waals surface area (Å²) in [6.45, 7) is 6.10. The van der Waals surface area contributed by atoms with E-state index in [1.54, 1.807) is 6.07 Å². The maximum absolute atomic E-state index is 11.9. The average molecular weight is 279 g/mol. The predicted molar refractivity (Wildman–Crippen MR) is 74.5 cm³/mol. The molecule has 7 heteroatoms. The highest BCUT2D eigenvalue weighted by atomic mass is 32.1. The van der Waals surface area contributed by atoms with E-state index < -0.39 is 0 Å². The Balaban J connectivity index is 2.06. The third-order valence-electron chi connectivity index (χ3n) is 2.93. The zero-order valence-electron chi connectivity index (χ0n) is 11.2. The van der Waals surface area contributed by atoms with E-state index in [1.165, 1.54) is 11.3 Å². The lowest BCUT2D eigenvalue weighted by molar-refractivity contribution is 0.102. The number of aromatic amines is 1. The van der Waals surface area contributed by atoms with Gasteiger partial charge in [-0.3, -0.25) is 15.2 Å². The molecule has 102 valence electrons. The zero-order valence-corrected chi connectivity index (χ0v) is 12.0. The fourth-order valence-electron chi connectivity index (χ4n) is 1.78. The molecule has 2 N–H and O–H groups in total. The molecule has 0 aliphatic heterocycles. The molecule has 0 spiro atoms. The largest absolute Gasteiger partial charge is 0.295 e. The van der Waals surface area contributed by atoms with Crippen LogP contribution < -0.4 is 5.32 Å². The van der Waals surface area contributed by atoms with Crippen LogP contribution in [0.3, 0.4) is 0 Å². The number of hydrogen-bond donors (Lipinski definition) is 2. The summed E-state index contributed by atoms with van der Waals surface area (Å²) in [5.74, 6) is 0.146. The molecule has 2 rings (SSSR count). The Morgan fingerprint density at radius 3 is 2.74 bits per heavy atom. The van der Waals surface area contributed by atoms with Crippen LogP contribution >= 0.6 is 11.3 Å². The van der Waals surface area contributed by atoms with E-state index in [0.29, 0.717) is 16.7 Å². The number of carbonyl (C=O) groups is 1. The molecular formula is C12H17N5OS. The number of H-pyrrole nitrogens is 1. The maximum Gasteiger partial charge on any atom is 0.277 e. The molecule has 0 aromatic carbocycles. The minimum atomic E-state index is -0.267. The molecule has 19 heavy (non-hydrogen) atoms. The number of aromatic nitrogens is 4. The molecule has 0 atom stereocenters. The minimum Gasteiger partial charge on any atom is -0.295 e. The molecule has 2 aromatic heterocycles. The first-order valence-electron chi connectivity index (χ1n) is 6.30. The van der Waals surface area contributed by atoms with Crippen LogP contribution in [-0.4, -0.2) is 26.3 Å². The molecule has 0 fully saturated rings. The second-order valence-electron chi connectivity index (χ2n) is 4.35. The number of nitrogens with one attached hydrogen (secondary N) is 2. The molecule has 0 aliphatic rings. The van der Waals surface area contributed by atoms with Gasteiger partial charge in [0, 0.05) is 11.6 Å². The average Bonchev–Trinajstić information content (AvgIpc) is 3.00. The summed E-state index contributed by atoms with van der Waals surface area (Å²) < 4.78 is 0. The first-order valence-corrected chi connectivity index (χ1v) is 7.12. The Morgan fingerprint density at radius 2 is 2.16 bits per heavy atom. The van der Waals surface area contributed by atoms with Crippen molar-refractivity contribution >= 4 is 22.4 Å². The highest BCUT2D eigenvalue weighted by Gasteiger charge is 2.16. The van der Waals surface area contributed by atoms with Gasteiger partial charge in [0.15, 0.2) is 5.69 Å². The Kier molecular flexibility index (Phi) is 4.26. The van der Waals surface area contributed by atoms with Crippen LogP contribution in [0.4, 0.5) is 5.13 Å². The molecule has 0 bridgehead atoms. The number of hydrogen-bond acceptors (Lipinski definition) is 5. The lowest BCUT2D eigenvalue weighted by atomic mass is 10.1. The van der Waals surface area contributed by atoms with Gasteiger partial charge in [0.25, 0.3) is 5.91 Å². The maximum atomic E-state index is 11.9. The van der Waals surface area contributed by atoms with Gasteiger partial charge in [-0.15, -0.1) is 10.2 Å². The van der Waals surface area contributed by atoms with Crippen molar-refractivity contribution in [2.75, 3.05) is 5.32 Å². The van der Waals surface area contributed by atoms with Crippen molar-refractivity contribution in [2.45, 2.75) is 39.5 Å². The van der Waals surface area contributed by atoms with E-state index in [1.807, 2.05) is 6.92 Å². The predicted octanol–water partition coefficient (Wildman–Crippen LogP) is 2.73. The van der Waals surface area contributed by atoms with E-state index in [2.05, 4.69) is 39.6 Å². The first kappa shape index (κ1) is 13.7. The molecule has 0 saturated heterocycles. The van der Waals surface area contributed by atoms with Crippen LogP contribution in [0.15, 0.2) is 6.07 Å². The number of carbonyl (C=O) groups excluding carboxylic acids is 1. The van der Waals surface area contributed by atoms with E-state index in [-0.39, 0.29) is 5.91 Å². The van der Waals surface area contributed by atoms with Crippen LogP contribution in [0.5, 0.6) is 0 Å². The van der Waals surface area contributed by atoms with E-state index in [4.69, 9.17) is 0 Å². The van der Waals surface area contributed by atoms with Crippen LogP contribution in [0.25, 0.3) is 0 Å². The van der Waals surface area contributed by atoms with Crippen molar-refractivity contribution in [1.29, 1.82) is 0 Å². The highest BCUT2D eigenvalue weighted by molar-refractivity contribution is 7.15. The van der Waals surface area contributed by atoms with Gasteiger partial charge in [-0.2, -0.15) is 5.10 Å². The van der Waals surface area contributed by atoms with E-state index >= 15 is 0 Å². The van der Waals surface area contributed by atoms with Crippen LogP contribution in [0, 0.1) is 6.92 Å². The summed E-state index contributed by atoms with van der Waals surface area (Å²) in [6, 6.07) is 1.69. The second-order valence-corrected chi connectivity index (χ2v) is 5.36. The molecular weight excluding hydrogens is 262 g/mol. The third-order valence-corrected chi connectivity index (χ3v) is 3.94. The summed E-state index contributed by atoms with van der Waals surface area (Å²) in [7, 11) is 0. The van der Waals surface area contributed by atoms with Crippen molar-refractivity contribution < 1.29 is 4.79 Å². The normalized spacial score (nSPS) is 10.9. The standard InChI is InChI=1S/C12H17N5OS/c1-4-8(5-2)11-16-17-12(19-11)13-10(18)9-6-7(3)14-15-9/h6,8H,4-5H2,1-3H3,(H,14,15)(H,13,17,18). The van der Waals surface area contributed by atoms with Crippen LogP contribution in [-0.2, 0) is 0 Å². The molecule has 0 aliphatic carbocycles. The van der Waals surface area contributed by atoms with Gasteiger partial charge in [-0.25, -0.2) is 0 Å². The number of rotatable bonds is 5. The topological polar surface area (TPSA) is 83.6 Å². The van der Waals surface area contributed by atoms with Crippen molar-refractivity contribution in [3.63, 3.8) is 0 Å². The lowest BCUT2D eigenvalue weighted by Crippen LogP contribution is -2.12. The Morgan fingerprint density at radius 1 is 1.42 bits per heavy atom.